The number of quaternary nitrogens is 1. The van der Waals surface area contributed by atoms with Crippen LogP contribution in [-0.4, -0.2) is 123 Å². The van der Waals surface area contributed by atoms with Crippen LogP contribution in [0.4, 0.5) is 26.0 Å². The summed E-state index contributed by atoms with van der Waals surface area (Å²) in [5.41, 5.74) is 1.89. The van der Waals surface area contributed by atoms with Crippen molar-refractivity contribution in [3.05, 3.63) is 80.8 Å². The fraction of sp³-hybridized carbons (Fsp3) is 0.489. The van der Waals surface area contributed by atoms with Crippen molar-refractivity contribution in [3.63, 3.8) is 0 Å². The summed E-state index contributed by atoms with van der Waals surface area (Å²) in [6, 6.07) is 15.7. The van der Waals surface area contributed by atoms with E-state index in [1.165, 1.54) is 17.4 Å². The molecule has 18 heteroatoms. The molecule has 5 rings (SSSR count). The Hall–Kier alpha value is -5.19. The number of rotatable bonds is 19. The Kier molecular flexibility index (Phi) is 17.5. The standard InChI is InChI=1S/C47H64FN8O6S2Si/c1-13-60-43(57)41-39(21-17-27-61-37-23-22-34(31-35(37)48)18-16-24-54(25-26-56(7,8)9)46(58)62-47(3,4)5)64-44(49-41)53(6)40-30-33(2)42(52-51-40)50-45-55(32-59-28-29-65(10,11)12)36-19-14-15-20-38(36)63-45/h14-15,19-20,22-23,30-31H,13,17,21,24-29,32H2,1-12H3/q+1/b50-45-. The largest absolute Gasteiger partial charge is 0.491 e. The number of nitrogens with zero attached hydrogens (tertiary/aromatic N) is 8. The molecule has 1 amide bonds. The highest BCUT2D eigenvalue weighted by atomic mass is 32.1. The Labute approximate surface area is 391 Å². The van der Waals surface area contributed by atoms with E-state index in [2.05, 4.69) is 63.4 Å². The second-order valence-electron chi connectivity index (χ2n) is 18.8. The Balaban J connectivity index is 1.24. The lowest BCUT2D eigenvalue weighted by molar-refractivity contribution is -0.869. The lowest BCUT2D eigenvalue weighted by Gasteiger charge is -2.29. The second kappa shape index (κ2) is 22.3. The van der Waals surface area contributed by atoms with Crippen molar-refractivity contribution in [1.82, 2.24) is 24.6 Å². The molecule has 0 N–H and O–H groups in total. The van der Waals surface area contributed by atoms with E-state index in [1.807, 2.05) is 74.1 Å². The van der Waals surface area contributed by atoms with Crippen LogP contribution >= 0.6 is 22.7 Å². The predicted molar refractivity (Wildman–Crippen MR) is 260 cm³/mol. The van der Waals surface area contributed by atoms with Gasteiger partial charge in [0.05, 0.1) is 64.2 Å². The van der Waals surface area contributed by atoms with Gasteiger partial charge in [0.25, 0.3) is 0 Å². The van der Waals surface area contributed by atoms with Gasteiger partial charge in [-0.3, -0.25) is 9.47 Å². The summed E-state index contributed by atoms with van der Waals surface area (Å²) in [6.07, 6.45) is 0.467. The van der Waals surface area contributed by atoms with E-state index in [9.17, 15) is 9.59 Å². The smallest absolute Gasteiger partial charge is 0.411 e. The monoisotopic (exact) mass is 947 g/mol. The van der Waals surface area contributed by atoms with E-state index in [-0.39, 0.29) is 31.2 Å². The lowest BCUT2D eigenvalue weighted by atomic mass is 10.2. The van der Waals surface area contributed by atoms with Gasteiger partial charge in [0.1, 0.15) is 12.3 Å². The van der Waals surface area contributed by atoms with Gasteiger partial charge in [-0.2, -0.15) is 4.99 Å². The van der Waals surface area contributed by atoms with E-state index in [4.69, 9.17) is 23.9 Å². The van der Waals surface area contributed by atoms with Gasteiger partial charge in [-0.15, -0.1) is 21.5 Å². The quantitative estimate of drug-likeness (QED) is 0.0260. The fourth-order valence-corrected chi connectivity index (χ4v) is 8.87. The first-order valence-electron chi connectivity index (χ1n) is 21.8. The molecule has 0 fully saturated rings. The maximum Gasteiger partial charge on any atom is 0.411 e. The van der Waals surface area contributed by atoms with Crippen molar-refractivity contribution in [1.29, 1.82) is 0 Å². The molecule has 0 aliphatic rings. The van der Waals surface area contributed by atoms with Crippen molar-refractivity contribution in [2.24, 2.45) is 4.99 Å². The van der Waals surface area contributed by atoms with E-state index in [0.29, 0.717) is 71.0 Å². The van der Waals surface area contributed by atoms with Gasteiger partial charge in [-0.05, 0) is 95.5 Å². The first-order chi connectivity index (χ1) is 30.6. The van der Waals surface area contributed by atoms with Crippen LogP contribution in [0, 0.1) is 24.6 Å². The van der Waals surface area contributed by atoms with Gasteiger partial charge in [0.2, 0.25) is 0 Å². The molecule has 14 nitrogen and oxygen atoms in total. The summed E-state index contributed by atoms with van der Waals surface area (Å²) >= 11 is 2.92. The molecule has 3 heterocycles. The van der Waals surface area contributed by atoms with Gasteiger partial charge in [0.15, 0.2) is 38.8 Å². The number of ether oxygens (including phenoxy) is 4. The maximum atomic E-state index is 15.2. The molecule has 0 saturated heterocycles. The minimum Gasteiger partial charge on any atom is -0.491 e. The van der Waals surface area contributed by atoms with Crippen molar-refractivity contribution >= 4 is 69.8 Å². The van der Waals surface area contributed by atoms with Crippen LogP contribution in [0.2, 0.25) is 25.7 Å². The number of para-hydroxylation sites is 1. The number of aromatic nitrogens is 4. The molecular weight excluding hydrogens is 884 g/mol. The number of anilines is 2. The van der Waals surface area contributed by atoms with Gasteiger partial charge in [-0.25, -0.2) is 19.0 Å². The number of benzene rings is 2. The number of thiazole rings is 2. The normalized spacial score (nSPS) is 12.2. The Morgan fingerprint density at radius 3 is 2.46 bits per heavy atom. The Morgan fingerprint density at radius 2 is 1.78 bits per heavy atom. The van der Waals surface area contributed by atoms with E-state index in [1.54, 1.807) is 40.2 Å². The molecule has 0 atom stereocenters. The summed E-state index contributed by atoms with van der Waals surface area (Å²) < 4.78 is 42.0. The van der Waals surface area contributed by atoms with Crippen molar-refractivity contribution in [2.45, 2.75) is 85.5 Å². The van der Waals surface area contributed by atoms with Crippen LogP contribution in [-0.2, 0) is 27.4 Å². The molecule has 0 radical (unpaired) electrons. The van der Waals surface area contributed by atoms with Crippen LogP contribution in [0.5, 0.6) is 5.75 Å². The first-order valence-corrected chi connectivity index (χ1v) is 27.1. The molecule has 3 aromatic heterocycles. The van der Waals surface area contributed by atoms with E-state index in [0.717, 1.165) is 26.6 Å². The highest BCUT2D eigenvalue weighted by Gasteiger charge is 2.25. The first kappa shape index (κ1) is 50.8. The number of halogens is 1. The minimum absolute atomic E-state index is 0.0845. The molecule has 0 aliphatic carbocycles. The topological polar surface area (TPSA) is 134 Å². The third kappa shape index (κ3) is 15.5. The summed E-state index contributed by atoms with van der Waals surface area (Å²) in [5.74, 6) is 5.98. The molecule has 0 bridgehead atoms. The highest BCUT2D eigenvalue weighted by Crippen LogP contribution is 2.32. The maximum absolute atomic E-state index is 15.2. The van der Waals surface area contributed by atoms with E-state index < -0.39 is 31.6 Å². The van der Waals surface area contributed by atoms with Crippen LogP contribution in [0.3, 0.4) is 0 Å². The number of carbonyl (C=O) groups is 2. The molecule has 0 spiro atoms. The zero-order chi connectivity index (χ0) is 47.5. The van der Waals surface area contributed by atoms with E-state index >= 15 is 4.39 Å². The van der Waals surface area contributed by atoms with Gasteiger partial charge in [0, 0.05) is 32.2 Å². The number of fused-ring (bicyclic) bond motifs is 1. The molecule has 0 aliphatic heterocycles. The van der Waals surface area contributed by atoms with Gasteiger partial charge in [-0.1, -0.05) is 55.0 Å². The molecule has 350 valence electrons. The average molecular weight is 948 g/mol. The Morgan fingerprint density at radius 1 is 1.03 bits per heavy atom. The number of hydrogen-bond donors (Lipinski definition) is 0. The van der Waals surface area contributed by atoms with Crippen molar-refractivity contribution in [2.75, 3.05) is 72.5 Å². The number of aryl methyl sites for hydroxylation is 2. The summed E-state index contributed by atoms with van der Waals surface area (Å²) in [5, 5.41) is 9.57. The predicted octanol–water partition coefficient (Wildman–Crippen LogP) is 9.19. The summed E-state index contributed by atoms with van der Waals surface area (Å²) in [6.45, 7) is 18.9. The van der Waals surface area contributed by atoms with Crippen molar-refractivity contribution < 1.29 is 37.4 Å². The Bertz CT molecular complexity index is 2560. The summed E-state index contributed by atoms with van der Waals surface area (Å²) in [4.78, 5) is 40.4. The highest BCUT2D eigenvalue weighted by molar-refractivity contribution is 7.16. The third-order valence-corrected chi connectivity index (χ3v) is 13.6. The molecule has 2 aromatic carbocycles. The van der Waals surface area contributed by atoms with Gasteiger partial charge < -0.3 is 28.3 Å². The van der Waals surface area contributed by atoms with Crippen LogP contribution < -0.4 is 14.4 Å². The van der Waals surface area contributed by atoms with Crippen LogP contribution in [0.1, 0.15) is 60.6 Å². The zero-order valence-corrected chi connectivity index (χ0v) is 42.5. The zero-order valence-electron chi connectivity index (χ0n) is 39.9. The average Bonchev–Trinajstić information content (AvgIpc) is 3.80. The lowest BCUT2D eigenvalue weighted by Crippen LogP contribution is -2.45. The molecule has 5 aromatic rings. The summed E-state index contributed by atoms with van der Waals surface area (Å²) in [7, 11) is 6.72. The minimum atomic E-state index is -1.24. The van der Waals surface area contributed by atoms with Crippen LogP contribution in [0.25, 0.3) is 10.2 Å². The fourth-order valence-electron chi connectivity index (χ4n) is 6.03. The van der Waals surface area contributed by atoms with Crippen LogP contribution in [0.15, 0.2) is 53.5 Å². The number of carbonyl (C=O) groups excluding carboxylic acids is 2. The number of likely N-dealkylation sites (N-methyl/N-ethyl adjacent to an activating group) is 1. The molecule has 65 heavy (non-hydrogen) atoms. The third-order valence-electron chi connectivity index (χ3n) is 9.67. The molecule has 0 saturated carbocycles. The number of esters is 1. The number of hydrogen-bond acceptors (Lipinski definition) is 13. The van der Waals surface area contributed by atoms with Crippen molar-refractivity contribution in [3.8, 4) is 17.6 Å². The second-order valence-corrected chi connectivity index (χ2v) is 26.5. The SMILES string of the molecule is CCOC(=O)c1nc(N(C)c2cc(C)c(/N=c3\sc4ccccc4n3COCC[Si](C)(C)C)nn2)sc1CCCOc1ccc(C#CCN(CC[N+](C)(C)C)C(=O)OC(C)(C)C)cc1F. The molecular formula is C47H64FN8O6S2Si+. The molecule has 0 unspecified atom stereocenters. The van der Waals surface area contributed by atoms with Gasteiger partial charge >= 0.3 is 12.1 Å². The number of amides is 1.